The summed E-state index contributed by atoms with van der Waals surface area (Å²) in [5.41, 5.74) is 0. The minimum Gasteiger partial charge on any atom is -0.312 e. The van der Waals surface area contributed by atoms with E-state index in [-0.39, 0.29) is 0 Å². The lowest BCUT2D eigenvalue weighted by Gasteiger charge is -2.34. The molecule has 112 valence electrons. The molecule has 0 amide bonds. The Kier molecular flexibility index (Phi) is 6.15. The third kappa shape index (κ3) is 4.19. The van der Waals surface area contributed by atoms with Crippen LogP contribution in [0.15, 0.2) is 0 Å². The van der Waals surface area contributed by atoms with Crippen LogP contribution in [0.25, 0.3) is 0 Å². The molecule has 1 N–H and O–H groups in total. The Labute approximate surface area is 120 Å². The molecule has 1 aliphatic carbocycles. The Hall–Kier alpha value is -0.0800. The molecular weight excluding hydrogens is 232 g/mol. The summed E-state index contributed by atoms with van der Waals surface area (Å²) in [7, 11) is 0. The van der Waals surface area contributed by atoms with E-state index in [0.29, 0.717) is 0 Å². The first-order valence-electron chi connectivity index (χ1n) is 8.69. The minimum atomic E-state index is 0.752. The van der Waals surface area contributed by atoms with Crippen LogP contribution in [0.4, 0.5) is 0 Å². The number of nitrogens with one attached hydrogen (secondary N) is 1. The van der Waals surface area contributed by atoms with E-state index in [2.05, 4.69) is 31.0 Å². The van der Waals surface area contributed by atoms with Crippen molar-refractivity contribution in [3.05, 3.63) is 0 Å². The summed E-state index contributed by atoms with van der Waals surface area (Å²) in [6.07, 6.45) is 9.93. The van der Waals surface area contributed by atoms with Gasteiger partial charge in [-0.1, -0.05) is 33.6 Å². The highest BCUT2D eigenvalue weighted by atomic mass is 15.2. The summed E-state index contributed by atoms with van der Waals surface area (Å²) in [6, 6.07) is 1.59. The number of likely N-dealkylation sites (tertiary alicyclic amines) is 1. The van der Waals surface area contributed by atoms with Crippen LogP contribution in [-0.4, -0.2) is 36.6 Å². The van der Waals surface area contributed by atoms with E-state index < -0.39 is 0 Å². The molecular formula is C17H34N2. The second-order valence-electron chi connectivity index (χ2n) is 7.05. The molecule has 2 atom stereocenters. The van der Waals surface area contributed by atoms with Crippen LogP contribution in [0.3, 0.4) is 0 Å². The van der Waals surface area contributed by atoms with Crippen molar-refractivity contribution in [2.24, 2.45) is 11.8 Å². The van der Waals surface area contributed by atoms with Crippen LogP contribution in [0.5, 0.6) is 0 Å². The van der Waals surface area contributed by atoms with Crippen LogP contribution >= 0.6 is 0 Å². The second kappa shape index (κ2) is 7.64. The number of nitrogens with zero attached hydrogens (tertiary/aromatic N) is 1. The molecule has 0 bridgehead atoms. The van der Waals surface area contributed by atoms with Gasteiger partial charge in [0, 0.05) is 18.6 Å². The Morgan fingerprint density at radius 2 is 1.84 bits per heavy atom. The zero-order chi connectivity index (χ0) is 13.7. The smallest absolute Gasteiger partial charge is 0.0223 e. The second-order valence-corrected chi connectivity index (χ2v) is 7.05. The van der Waals surface area contributed by atoms with E-state index >= 15 is 0 Å². The van der Waals surface area contributed by atoms with Gasteiger partial charge in [-0.2, -0.15) is 0 Å². The van der Waals surface area contributed by atoms with Crippen molar-refractivity contribution in [2.45, 2.75) is 77.8 Å². The van der Waals surface area contributed by atoms with Gasteiger partial charge in [0.05, 0.1) is 0 Å². The van der Waals surface area contributed by atoms with Gasteiger partial charge < -0.3 is 5.32 Å². The minimum absolute atomic E-state index is 0.752. The van der Waals surface area contributed by atoms with Crippen molar-refractivity contribution >= 4 is 0 Å². The van der Waals surface area contributed by atoms with Gasteiger partial charge in [-0.15, -0.1) is 0 Å². The maximum absolute atomic E-state index is 3.86. The molecule has 1 heterocycles. The van der Waals surface area contributed by atoms with E-state index in [0.717, 1.165) is 23.9 Å². The maximum atomic E-state index is 3.86. The molecule has 0 aromatic carbocycles. The standard InChI is InChI=1S/C17H34N2/c1-4-11-18-16(15-8-5-6-9-15)13-19-12-7-10-17(19)14(2)3/h14-18H,4-13H2,1-3H3. The topological polar surface area (TPSA) is 15.3 Å². The molecule has 0 aromatic rings. The van der Waals surface area contributed by atoms with E-state index in [4.69, 9.17) is 0 Å². The van der Waals surface area contributed by atoms with E-state index in [9.17, 15) is 0 Å². The molecule has 2 unspecified atom stereocenters. The fraction of sp³-hybridized carbons (Fsp3) is 1.00. The van der Waals surface area contributed by atoms with Crippen molar-refractivity contribution in [1.29, 1.82) is 0 Å². The van der Waals surface area contributed by atoms with Crippen molar-refractivity contribution in [3.63, 3.8) is 0 Å². The van der Waals surface area contributed by atoms with Crippen molar-refractivity contribution in [3.8, 4) is 0 Å². The zero-order valence-corrected chi connectivity index (χ0v) is 13.3. The van der Waals surface area contributed by atoms with Gasteiger partial charge in [-0.25, -0.2) is 0 Å². The summed E-state index contributed by atoms with van der Waals surface area (Å²) in [5.74, 6) is 1.76. The Morgan fingerprint density at radius 3 is 2.47 bits per heavy atom. The predicted octanol–water partition coefficient (Wildman–Crippen LogP) is 3.67. The number of rotatable bonds is 7. The molecule has 1 saturated carbocycles. The van der Waals surface area contributed by atoms with Crippen molar-refractivity contribution < 1.29 is 0 Å². The highest BCUT2D eigenvalue weighted by Crippen LogP contribution is 2.30. The first-order valence-corrected chi connectivity index (χ1v) is 8.69. The van der Waals surface area contributed by atoms with Gasteiger partial charge in [-0.3, -0.25) is 4.90 Å². The van der Waals surface area contributed by atoms with E-state index in [1.807, 2.05) is 0 Å². The fourth-order valence-corrected chi connectivity index (χ4v) is 4.16. The number of hydrogen-bond donors (Lipinski definition) is 1. The first-order chi connectivity index (χ1) is 9.22. The molecule has 19 heavy (non-hydrogen) atoms. The molecule has 2 rings (SSSR count). The van der Waals surface area contributed by atoms with Crippen LogP contribution in [0.1, 0.15) is 65.7 Å². The molecule has 2 nitrogen and oxygen atoms in total. The Morgan fingerprint density at radius 1 is 1.11 bits per heavy atom. The zero-order valence-electron chi connectivity index (χ0n) is 13.3. The third-order valence-electron chi connectivity index (χ3n) is 5.24. The van der Waals surface area contributed by atoms with E-state index in [1.165, 1.54) is 64.6 Å². The Bertz CT molecular complexity index is 246. The summed E-state index contributed by atoms with van der Waals surface area (Å²) in [4.78, 5) is 2.79. The van der Waals surface area contributed by atoms with Gasteiger partial charge in [0.2, 0.25) is 0 Å². The Balaban J connectivity index is 1.90. The third-order valence-corrected chi connectivity index (χ3v) is 5.24. The average molecular weight is 266 g/mol. The lowest BCUT2D eigenvalue weighted by atomic mass is 9.95. The molecule has 2 aliphatic rings. The van der Waals surface area contributed by atoms with Gasteiger partial charge in [0.1, 0.15) is 0 Å². The largest absolute Gasteiger partial charge is 0.312 e. The summed E-state index contributed by atoms with van der Waals surface area (Å²) in [5, 5.41) is 3.86. The fourth-order valence-electron chi connectivity index (χ4n) is 4.16. The van der Waals surface area contributed by atoms with Crippen molar-refractivity contribution in [2.75, 3.05) is 19.6 Å². The lowest BCUT2D eigenvalue weighted by molar-refractivity contribution is 0.165. The van der Waals surface area contributed by atoms with Crippen LogP contribution < -0.4 is 5.32 Å². The first kappa shape index (κ1) is 15.3. The van der Waals surface area contributed by atoms with Crippen LogP contribution in [0.2, 0.25) is 0 Å². The van der Waals surface area contributed by atoms with Gasteiger partial charge >= 0.3 is 0 Å². The maximum Gasteiger partial charge on any atom is 0.0223 e. The molecule has 1 aliphatic heterocycles. The SMILES string of the molecule is CCCNC(CN1CCCC1C(C)C)C1CCCC1. The van der Waals surface area contributed by atoms with Gasteiger partial charge in [-0.05, 0) is 57.0 Å². The quantitative estimate of drug-likeness (QED) is 0.756. The van der Waals surface area contributed by atoms with E-state index in [1.54, 1.807) is 0 Å². The number of hydrogen-bond acceptors (Lipinski definition) is 2. The summed E-state index contributed by atoms with van der Waals surface area (Å²) >= 11 is 0. The summed E-state index contributed by atoms with van der Waals surface area (Å²) in [6.45, 7) is 10.9. The van der Waals surface area contributed by atoms with Crippen LogP contribution in [0, 0.1) is 11.8 Å². The van der Waals surface area contributed by atoms with Crippen LogP contribution in [-0.2, 0) is 0 Å². The molecule has 0 radical (unpaired) electrons. The monoisotopic (exact) mass is 266 g/mol. The predicted molar refractivity (Wildman–Crippen MR) is 83.5 cm³/mol. The molecule has 0 aromatic heterocycles. The summed E-state index contributed by atoms with van der Waals surface area (Å²) < 4.78 is 0. The molecule has 1 saturated heterocycles. The highest BCUT2D eigenvalue weighted by molar-refractivity contribution is 4.88. The average Bonchev–Trinajstić information content (AvgIpc) is 3.04. The molecule has 2 fully saturated rings. The lowest BCUT2D eigenvalue weighted by Crippen LogP contribution is -2.47. The van der Waals surface area contributed by atoms with Crippen molar-refractivity contribution in [1.82, 2.24) is 10.2 Å². The van der Waals surface area contributed by atoms with Gasteiger partial charge in [0.15, 0.2) is 0 Å². The molecule has 0 spiro atoms. The highest BCUT2D eigenvalue weighted by Gasteiger charge is 2.32. The van der Waals surface area contributed by atoms with Gasteiger partial charge in [0.25, 0.3) is 0 Å². The molecule has 2 heteroatoms. The normalized spacial score (nSPS) is 27.5.